The number of anilines is 2. The second-order valence-corrected chi connectivity index (χ2v) is 12.1. The molecule has 0 saturated carbocycles. The summed E-state index contributed by atoms with van der Waals surface area (Å²) in [5, 5.41) is 2.06. The van der Waals surface area contributed by atoms with Crippen LogP contribution in [0, 0.1) is 18.4 Å². The molecule has 232 valence electrons. The van der Waals surface area contributed by atoms with E-state index in [0.29, 0.717) is 24.8 Å². The van der Waals surface area contributed by atoms with Gasteiger partial charge in [-0.05, 0) is 90.0 Å². The number of hydrogen-bond acceptors (Lipinski definition) is 5. The topological polar surface area (TPSA) is 40.1 Å². The quantitative estimate of drug-likeness (QED) is 0.206. The minimum Gasteiger partial charge on any atom is -0.360 e. The van der Waals surface area contributed by atoms with Crippen LogP contribution in [0.2, 0.25) is 0 Å². The van der Waals surface area contributed by atoms with Crippen molar-refractivity contribution in [2.75, 3.05) is 43.1 Å². The average molecular weight is 605 g/mol. The normalized spacial score (nSPS) is 15.5. The van der Waals surface area contributed by atoms with Gasteiger partial charge in [-0.15, -0.1) is 0 Å². The summed E-state index contributed by atoms with van der Waals surface area (Å²) in [7, 11) is 2.12. The second kappa shape index (κ2) is 16.5. The summed E-state index contributed by atoms with van der Waals surface area (Å²) in [6, 6.07) is 21.8. The first kappa shape index (κ1) is 34.1. The molecule has 5 rings (SSSR count). The average Bonchev–Trinajstić information content (AvgIpc) is 3.40. The Morgan fingerprint density at radius 3 is 2.56 bits per heavy atom. The van der Waals surface area contributed by atoms with Gasteiger partial charge in [-0.1, -0.05) is 82.3 Å². The molecule has 0 spiro atoms. The molecule has 3 aromatic rings. The zero-order chi connectivity index (χ0) is 31.4. The third kappa shape index (κ3) is 9.82. The zero-order valence-electron chi connectivity index (χ0n) is 27.0. The van der Waals surface area contributed by atoms with E-state index in [1.807, 2.05) is 13.8 Å². The van der Waals surface area contributed by atoms with Crippen LogP contribution in [0.15, 0.2) is 71.7 Å². The number of nitrogens with zero attached hydrogens (tertiary/aromatic N) is 3. The van der Waals surface area contributed by atoms with E-state index in [4.69, 9.17) is 15.5 Å². The van der Waals surface area contributed by atoms with E-state index in [-0.39, 0.29) is 11.2 Å². The van der Waals surface area contributed by atoms with Crippen LogP contribution in [0.3, 0.4) is 0 Å². The molecule has 5 nitrogen and oxygen atoms in total. The molecule has 43 heavy (non-hydrogen) atoms. The van der Waals surface area contributed by atoms with E-state index < -0.39 is 0 Å². The number of halogens is 1. The number of rotatable bonds is 8. The molecule has 1 atom stereocenters. The molecule has 1 heterocycles. The molecule has 0 bridgehead atoms. The molecule has 3 aromatic carbocycles. The second-order valence-electron chi connectivity index (χ2n) is 11.7. The number of aliphatic imine (C=N–C) groups is 1. The molecule has 2 aliphatic rings. The summed E-state index contributed by atoms with van der Waals surface area (Å²) in [5.74, 6) is 1.16. The predicted molar refractivity (Wildman–Crippen MR) is 184 cm³/mol. The van der Waals surface area contributed by atoms with E-state index >= 15 is 0 Å². The van der Waals surface area contributed by atoms with E-state index in [0.717, 1.165) is 42.4 Å². The molecule has 1 aliphatic heterocycles. The Morgan fingerprint density at radius 1 is 1.12 bits per heavy atom. The van der Waals surface area contributed by atoms with Gasteiger partial charge >= 0.3 is 0 Å². The maximum absolute atomic E-state index is 12.4. The number of aryl methyl sites for hydroxylation is 2. The maximum atomic E-state index is 12.4. The fourth-order valence-electron chi connectivity index (χ4n) is 5.44. The molecule has 1 unspecified atom stereocenters. The number of amidine groups is 1. The Bertz CT molecular complexity index is 1400. The van der Waals surface area contributed by atoms with Gasteiger partial charge in [0.1, 0.15) is 18.2 Å². The fraction of sp³-hybridized carbons (Fsp3) is 0.444. The van der Waals surface area contributed by atoms with E-state index in [9.17, 15) is 4.39 Å². The summed E-state index contributed by atoms with van der Waals surface area (Å²) < 4.78 is 15.1. The van der Waals surface area contributed by atoms with Crippen LogP contribution >= 0.6 is 11.4 Å². The number of hydroxylamine groups is 1. The van der Waals surface area contributed by atoms with Gasteiger partial charge < -0.3 is 9.62 Å². The molecule has 0 saturated heterocycles. The standard InChI is InChI=1S/C27H37N3O.C7H6FNS.C2H6/c1-20-8-6-9-22(16-20)21(2)19-31-30(18-26-28-14-15-29(26)5)24-11-12-25-23(17-24)10-7-13-27(25,3)4;1-10-9-7-4-2-3-6(8)5-7;1-2/h6,8-9,11-12,16-17,21H,7,10,13-15,18-19H2,1-5H3;1-5,9H;1-2H3. The van der Waals surface area contributed by atoms with Gasteiger partial charge in [0.25, 0.3) is 0 Å². The number of hydrogen-bond donors (Lipinski definition) is 1. The van der Waals surface area contributed by atoms with E-state index in [1.54, 1.807) is 12.1 Å². The highest BCUT2D eigenvalue weighted by atomic mass is 32.1. The van der Waals surface area contributed by atoms with Crippen LogP contribution in [-0.2, 0) is 16.7 Å². The Labute approximate surface area is 262 Å². The van der Waals surface area contributed by atoms with Crippen LogP contribution in [-0.4, -0.2) is 44.0 Å². The lowest BCUT2D eigenvalue weighted by Crippen LogP contribution is -2.37. The van der Waals surface area contributed by atoms with Gasteiger partial charge in [-0.2, -0.15) is 0 Å². The number of fused-ring (bicyclic) bond motifs is 1. The monoisotopic (exact) mass is 604 g/mol. The van der Waals surface area contributed by atoms with Crippen LogP contribution < -0.4 is 9.79 Å². The third-order valence-electron chi connectivity index (χ3n) is 7.90. The molecule has 0 amide bonds. The summed E-state index contributed by atoms with van der Waals surface area (Å²) in [6.45, 7) is 16.3. The minimum atomic E-state index is -0.265. The SMILES string of the molecule is C#SNc1cccc(F)c1.CC.Cc1cccc(C(C)CON(CC2=NCCN2C)c2ccc3c(c2)CCCC3(C)C)c1. The fourth-order valence-corrected chi connectivity index (χ4v) is 5.70. The first-order valence-electron chi connectivity index (χ1n) is 15.4. The van der Waals surface area contributed by atoms with Crippen molar-refractivity contribution in [1.29, 1.82) is 0 Å². The summed E-state index contributed by atoms with van der Waals surface area (Å²) in [5.41, 5.74) is 12.7. The first-order chi connectivity index (χ1) is 20.7. The zero-order valence-corrected chi connectivity index (χ0v) is 27.8. The van der Waals surface area contributed by atoms with Crippen LogP contribution in [0.25, 0.3) is 0 Å². The molecule has 0 fully saturated rings. The largest absolute Gasteiger partial charge is 0.360 e. The van der Waals surface area contributed by atoms with Gasteiger partial charge in [0, 0.05) is 19.5 Å². The Morgan fingerprint density at radius 2 is 1.88 bits per heavy atom. The lowest BCUT2D eigenvalue weighted by atomic mass is 9.73. The van der Waals surface area contributed by atoms with Crippen molar-refractivity contribution in [2.45, 2.75) is 72.1 Å². The van der Waals surface area contributed by atoms with Gasteiger partial charge in [0.2, 0.25) is 0 Å². The van der Waals surface area contributed by atoms with Crippen LogP contribution in [0.4, 0.5) is 15.8 Å². The lowest BCUT2D eigenvalue weighted by molar-refractivity contribution is 0.105. The van der Waals surface area contributed by atoms with Gasteiger partial charge in [0.15, 0.2) is 0 Å². The summed E-state index contributed by atoms with van der Waals surface area (Å²) >= 11 is 0.947. The van der Waals surface area contributed by atoms with Crippen LogP contribution in [0.1, 0.15) is 75.6 Å². The van der Waals surface area contributed by atoms with Crippen molar-refractivity contribution in [2.24, 2.45) is 4.99 Å². The lowest BCUT2D eigenvalue weighted by Gasteiger charge is -2.34. The smallest absolute Gasteiger partial charge is 0.125 e. The Kier molecular flexibility index (Phi) is 13.1. The minimum absolute atomic E-state index is 0.257. The molecular formula is C36H49FN4OS. The highest BCUT2D eigenvalue weighted by molar-refractivity contribution is 7.89. The van der Waals surface area contributed by atoms with Crippen LogP contribution in [0.5, 0.6) is 0 Å². The van der Waals surface area contributed by atoms with Gasteiger partial charge in [-0.25, -0.2) is 9.45 Å². The number of benzene rings is 3. The molecule has 1 aliphatic carbocycles. The first-order valence-corrected chi connectivity index (χ1v) is 16.3. The predicted octanol–water partition coefficient (Wildman–Crippen LogP) is 9.00. The molecule has 0 aromatic heterocycles. The van der Waals surface area contributed by atoms with Crippen molar-refractivity contribution in [1.82, 2.24) is 4.90 Å². The number of nitrogens with one attached hydrogen (secondary N) is 1. The third-order valence-corrected chi connectivity index (χ3v) is 8.26. The highest BCUT2D eigenvalue weighted by Crippen LogP contribution is 2.38. The van der Waals surface area contributed by atoms with Crippen molar-refractivity contribution in [3.63, 3.8) is 0 Å². The Balaban J connectivity index is 0.000000356. The summed E-state index contributed by atoms with van der Waals surface area (Å²) in [6.07, 6.45) is 3.67. The van der Waals surface area contributed by atoms with Crippen molar-refractivity contribution in [3.05, 3.63) is 94.8 Å². The number of likely N-dealkylation sites (N-methyl/N-ethyl adjacent to an activating group) is 1. The molecular weight excluding hydrogens is 555 g/mol. The van der Waals surface area contributed by atoms with Crippen molar-refractivity contribution >= 4 is 28.6 Å². The molecule has 7 heteroatoms. The molecule has 0 radical (unpaired) electrons. The van der Waals surface area contributed by atoms with Crippen molar-refractivity contribution in [3.8, 4) is 5.69 Å². The highest BCUT2D eigenvalue weighted by Gasteiger charge is 2.28. The van der Waals surface area contributed by atoms with Gasteiger partial charge in [0.05, 0.1) is 24.5 Å². The van der Waals surface area contributed by atoms with Gasteiger partial charge in [-0.3, -0.25) is 9.83 Å². The summed E-state index contributed by atoms with van der Waals surface area (Å²) in [4.78, 5) is 13.4. The van der Waals surface area contributed by atoms with E-state index in [1.165, 1.54) is 47.2 Å². The Hall–Kier alpha value is -3.38. The van der Waals surface area contributed by atoms with E-state index in [2.05, 4.69) is 91.9 Å². The van der Waals surface area contributed by atoms with Crippen molar-refractivity contribution < 1.29 is 9.23 Å². The molecule has 1 N–H and O–H groups in total. The maximum Gasteiger partial charge on any atom is 0.125 e.